The molecule has 0 fully saturated rings. The van der Waals surface area contributed by atoms with Gasteiger partial charge in [0.1, 0.15) is 0 Å². The zero-order valence-electron chi connectivity index (χ0n) is 4.97. The van der Waals surface area contributed by atoms with Gasteiger partial charge in [0.2, 0.25) is 0 Å². The van der Waals surface area contributed by atoms with Crippen LogP contribution < -0.4 is 0 Å². The van der Waals surface area contributed by atoms with Gasteiger partial charge in [0.25, 0.3) is 0 Å². The Balaban J connectivity index is 2.85. The predicted molar refractivity (Wildman–Crippen MR) is 39.2 cm³/mol. The maximum Gasteiger partial charge on any atom is 0.0585 e. The van der Waals surface area contributed by atoms with E-state index in [4.69, 9.17) is 11.6 Å². The molecule has 0 bridgehead atoms. The molecule has 1 atom stereocenters. The van der Waals surface area contributed by atoms with Crippen molar-refractivity contribution in [2.45, 2.75) is 5.38 Å². The van der Waals surface area contributed by atoms with Gasteiger partial charge in [0.15, 0.2) is 0 Å². The van der Waals surface area contributed by atoms with Crippen LogP contribution in [0.2, 0.25) is 0 Å². The van der Waals surface area contributed by atoms with Gasteiger partial charge in [-0.2, -0.15) is 0 Å². The van der Waals surface area contributed by atoms with E-state index in [2.05, 4.69) is 13.0 Å². The molecule has 0 amide bonds. The molecular weight excluding hydrogens is 132 g/mol. The summed E-state index contributed by atoms with van der Waals surface area (Å²) in [4.78, 5) is 0. The van der Waals surface area contributed by atoms with Gasteiger partial charge >= 0.3 is 0 Å². The quantitative estimate of drug-likeness (QED) is 0.524. The number of benzene rings is 1. The predicted octanol–water partition coefficient (Wildman–Crippen LogP) is 2.60. The Bertz CT molecular complexity index is 167. The molecule has 0 N–H and O–H groups in total. The van der Waals surface area contributed by atoms with Crippen LogP contribution in [0.25, 0.3) is 0 Å². The fourth-order valence-electron chi connectivity index (χ4n) is 0.609. The monoisotopic (exact) mass is 138 g/mol. The average Bonchev–Trinajstić information content (AvgIpc) is 1.90. The van der Waals surface area contributed by atoms with Gasteiger partial charge in [-0.1, -0.05) is 24.3 Å². The van der Waals surface area contributed by atoms with Crippen molar-refractivity contribution >= 4 is 11.6 Å². The molecule has 1 aromatic carbocycles. The molecule has 0 aliphatic rings. The number of alkyl halides is 1. The fraction of sp³-hybridized carbons (Fsp3) is 0.125. The van der Waals surface area contributed by atoms with Crippen LogP contribution in [0.3, 0.4) is 0 Å². The lowest BCUT2D eigenvalue weighted by Crippen LogP contribution is -1.80. The highest BCUT2D eigenvalue weighted by Gasteiger charge is 1.96. The van der Waals surface area contributed by atoms with Gasteiger partial charge in [0, 0.05) is 0 Å². The lowest BCUT2D eigenvalue weighted by molar-refractivity contribution is 1.21. The van der Waals surface area contributed by atoms with E-state index in [1.165, 1.54) is 0 Å². The van der Waals surface area contributed by atoms with Crippen molar-refractivity contribution in [1.82, 2.24) is 0 Å². The molecule has 0 saturated carbocycles. The first-order valence-corrected chi connectivity index (χ1v) is 3.17. The van der Waals surface area contributed by atoms with Crippen molar-refractivity contribution < 1.29 is 0 Å². The number of hydrogen-bond donors (Lipinski definition) is 0. The lowest BCUT2D eigenvalue weighted by atomic mass is 10.2. The van der Waals surface area contributed by atoms with Gasteiger partial charge in [-0.3, -0.25) is 0 Å². The zero-order valence-corrected chi connectivity index (χ0v) is 5.73. The summed E-state index contributed by atoms with van der Waals surface area (Å²) in [5, 5.41) is -0.139. The average molecular weight is 139 g/mol. The number of hydrogen-bond acceptors (Lipinski definition) is 0. The molecule has 46 valence electrons. The minimum Gasteiger partial charge on any atom is -0.118 e. The molecule has 0 spiro atoms. The van der Waals surface area contributed by atoms with Crippen molar-refractivity contribution in [3.63, 3.8) is 0 Å². The van der Waals surface area contributed by atoms with Gasteiger partial charge < -0.3 is 0 Å². The smallest absolute Gasteiger partial charge is 0.0585 e. The van der Waals surface area contributed by atoms with E-state index in [-0.39, 0.29) is 5.38 Å². The summed E-state index contributed by atoms with van der Waals surface area (Å²) in [6.45, 7) is 3.66. The Morgan fingerprint density at radius 2 is 2.00 bits per heavy atom. The molecule has 1 aromatic rings. The van der Waals surface area contributed by atoms with Gasteiger partial charge in [-0.15, -0.1) is 11.6 Å². The van der Waals surface area contributed by atoms with Crippen LogP contribution in [-0.4, -0.2) is 0 Å². The molecule has 9 heavy (non-hydrogen) atoms. The van der Waals surface area contributed by atoms with Crippen molar-refractivity contribution in [3.05, 3.63) is 42.8 Å². The van der Waals surface area contributed by atoms with Crippen molar-refractivity contribution in [2.75, 3.05) is 0 Å². The van der Waals surface area contributed by atoms with Gasteiger partial charge in [0.05, 0.1) is 5.38 Å². The third-order valence-electron chi connectivity index (χ3n) is 1.11. The molecule has 0 aliphatic carbocycles. The Morgan fingerprint density at radius 3 is 2.33 bits per heavy atom. The molecule has 1 heteroatoms. The van der Waals surface area contributed by atoms with E-state index >= 15 is 0 Å². The van der Waals surface area contributed by atoms with Crippen molar-refractivity contribution in [3.8, 4) is 0 Å². The van der Waals surface area contributed by atoms with Crippen LogP contribution >= 0.6 is 11.6 Å². The second-order valence-corrected chi connectivity index (χ2v) is 2.33. The second kappa shape index (κ2) is 2.88. The van der Waals surface area contributed by atoms with Crippen LogP contribution in [0.4, 0.5) is 0 Å². The van der Waals surface area contributed by atoms with E-state index in [0.29, 0.717) is 0 Å². The Morgan fingerprint density at radius 1 is 1.44 bits per heavy atom. The summed E-state index contributed by atoms with van der Waals surface area (Å²) in [6.07, 6.45) is 0. The zero-order chi connectivity index (χ0) is 6.69. The summed E-state index contributed by atoms with van der Waals surface area (Å²) >= 11 is 5.68. The summed E-state index contributed by atoms with van der Waals surface area (Å²) in [5.41, 5.74) is 1.04. The van der Waals surface area contributed by atoms with Crippen LogP contribution in [0.1, 0.15) is 10.9 Å². The second-order valence-electron chi connectivity index (χ2n) is 1.80. The highest BCUT2D eigenvalue weighted by Crippen LogP contribution is 2.16. The van der Waals surface area contributed by atoms with Crippen LogP contribution in [0, 0.1) is 13.0 Å². The minimum absolute atomic E-state index is 0.139. The highest BCUT2D eigenvalue weighted by atomic mass is 35.5. The largest absolute Gasteiger partial charge is 0.118 e. The highest BCUT2D eigenvalue weighted by molar-refractivity contribution is 6.21. The topological polar surface area (TPSA) is 0 Å². The van der Waals surface area contributed by atoms with E-state index in [1.54, 1.807) is 0 Å². The number of halogens is 1. The Kier molecular flexibility index (Phi) is 2.12. The summed E-state index contributed by atoms with van der Waals surface area (Å²) in [5.74, 6) is 0. The van der Waals surface area contributed by atoms with Gasteiger partial charge in [-0.25, -0.2) is 0 Å². The lowest BCUT2D eigenvalue weighted by Gasteiger charge is -1.98. The van der Waals surface area contributed by atoms with Crippen LogP contribution in [-0.2, 0) is 0 Å². The number of rotatable bonds is 1. The van der Waals surface area contributed by atoms with E-state index in [0.717, 1.165) is 5.56 Å². The van der Waals surface area contributed by atoms with E-state index in [9.17, 15) is 0 Å². The first-order chi connectivity index (χ1) is 4.30. The third-order valence-corrected chi connectivity index (χ3v) is 1.36. The Hall–Kier alpha value is -0.490. The molecule has 1 unspecified atom stereocenters. The standard InChI is InChI=1S/C8H7Cl/c1-7(9)8-5-3-2-4-6-8/h3-7H,1H2. The van der Waals surface area contributed by atoms with E-state index in [1.807, 2.05) is 24.3 Å². The minimum atomic E-state index is -0.139. The molecule has 0 heterocycles. The molecule has 0 saturated heterocycles. The molecule has 2 radical (unpaired) electrons. The van der Waals surface area contributed by atoms with Crippen LogP contribution in [0.5, 0.6) is 0 Å². The van der Waals surface area contributed by atoms with Gasteiger partial charge in [-0.05, 0) is 18.6 Å². The normalized spacial score (nSPS) is 13.1. The van der Waals surface area contributed by atoms with Crippen LogP contribution in [0.15, 0.2) is 24.3 Å². The molecule has 0 aromatic heterocycles. The maximum atomic E-state index is 5.68. The fourth-order valence-corrected chi connectivity index (χ4v) is 0.754. The molecule has 0 nitrogen and oxygen atoms in total. The third kappa shape index (κ3) is 1.72. The van der Waals surface area contributed by atoms with Crippen molar-refractivity contribution in [2.24, 2.45) is 0 Å². The Labute approximate surface area is 60.5 Å². The first kappa shape index (κ1) is 6.63. The molecule has 0 aliphatic heterocycles. The SMILES string of the molecule is [CH2]C(Cl)c1cc[c]cc1. The van der Waals surface area contributed by atoms with Crippen molar-refractivity contribution in [1.29, 1.82) is 0 Å². The summed E-state index contributed by atoms with van der Waals surface area (Å²) in [6, 6.07) is 10.4. The first-order valence-electron chi connectivity index (χ1n) is 2.74. The summed E-state index contributed by atoms with van der Waals surface area (Å²) in [7, 11) is 0. The maximum absolute atomic E-state index is 5.68. The summed E-state index contributed by atoms with van der Waals surface area (Å²) < 4.78 is 0. The molecule has 1 rings (SSSR count). The van der Waals surface area contributed by atoms with E-state index < -0.39 is 0 Å². The molecular formula is C8H7Cl.